The molecule has 4 nitrogen and oxygen atoms in total. The summed E-state index contributed by atoms with van der Waals surface area (Å²) in [5.74, 6) is -0.905. The molecule has 1 amide bonds. The van der Waals surface area contributed by atoms with E-state index in [0.29, 0.717) is 22.1 Å². The third-order valence-corrected chi connectivity index (χ3v) is 3.74. The van der Waals surface area contributed by atoms with E-state index in [1.165, 1.54) is 12.1 Å². The minimum atomic E-state index is -0.484. The van der Waals surface area contributed by atoms with Gasteiger partial charge in [0.15, 0.2) is 0 Å². The topological polar surface area (TPSA) is 54.9 Å². The predicted octanol–water partition coefficient (Wildman–Crippen LogP) is 4.17. The first-order valence-corrected chi connectivity index (χ1v) is 7.44. The number of hydrogen-bond donors (Lipinski definition) is 1. The Morgan fingerprint density at radius 1 is 0.792 bits per heavy atom. The molecule has 1 aromatic heterocycles. The molecule has 4 aromatic rings. The second-order valence-corrected chi connectivity index (χ2v) is 5.32. The third-order valence-electron chi connectivity index (χ3n) is 3.74. The molecule has 0 spiro atoms. The van der Waals surface area contributed by atoms with Crippen LogP contribution in [0.1, 0.15) is 10.4 Å². The van der Waals surface area contributed by atoms with Gasteiger partial charge >= 0.3 is 0 Å². The van der Waals surface area contributed by atoms with Crippen molar-refractivity contribution < 1.29 is 9.18 Å². The molecule has 0 aliphatic heterocycles. The number of para-hydroxylation sites is 4. The van der Waals surface area contributed by atoms with E-state index in [0.717, 1.165) is 5.52 Å². The first-order valence-electron chi connectivity index (χ1n) is 7.44. The molecule has 1 heterocycles. The fourth-order valence-corrected chi connectivity index (χ4v) is 2.58. The van der Waals surface area contributed by atoms with E-state index in [9.17, 15) is 9.18 Å². The van der Waals surface area contributed by atoms with Crippen molar-refractivity contribution in [3.8, 4) is 0 Å². The molecule has 0 bridgehead atoms. The van der Waals surface area contributed by atoms with Crippen molar-refractivity contribution in [3.05, 3.63) is 78.1 Å². The lowest BCUT2D eigenvalue weighted by Gasteiger charge is -2.08. The molecule has 4 rings (SSSR count). The SMILES string of the molecule is O=C(Nc1ccccc1F)c1cccc2nc3ccccc3nc12. The maximum atomic E-state index is 13.7. The Labute approximate surface area is 137 Å². The van der Waals surface area contributed by atoms with Crippen LogP contribution in [0.25, 0.3) is 22.1 Å². The van der Waals surface area contributed by atoms with Gasteiger partial charge in [-0.2, -0.15) is 0 Å². The van der Waals surface area contributed by atoms with Gasteiger partial charge in [-0.05, 0) is 36.4 Å². The molecule has 116 valence electrons. The second-order valence-electron chi connectivity index (χ2n) is 5.32. The predicted molar refractivity (Wildman–Crippen MR) is 91.4 cm³/mol. The number of carbonyl (C=O) groups excluding carboxylic acids is 1. The Morgan fingerprint density at radius 2 is 1.46 bits per heavy atom. The van der Waals surface area contributed by atoms with Crippen LogP contribution in [-0.4, -0.2) is 15.9 Å². The molecule has 0 unspecified atom stereocenters. The van der Waals surface area contributed by atoms with Gasteiger partial charge in [0.25, 0.3) is 5.91 Å². The summed E-state index contributed by atoms with van der Waals surface area (Å²) in [6, 6.07) is 18.7. The van der Waals surface area contributed by atoms with Gasteiger partial charge in [0.1, 0.15) is 11.3 Å². The summed E-state index contributed by atoms with van der Waals surface area (Å²) < 4.78 is 13.7. The number of halogens is 1. The summed E-state index contributed by atoms with van der Waals surface area (Å²) in [6.45, 7) is 0. The van der Waals surface area contributed by atoms with E-state index >= 15 is 0 Å². The van der Waals surface area contributed by atoms with Crippen molar-refractivity contribution in [2.45, 2.75) is 0 Å². The zero-order chi connectivity index (χ0) is 16.5. The summed E-state index contributed by atoms with van der Waals surface area (Å²) in [4.78, 5) is 21.6. The molecular formula is C19H12FN3O. The summed E-state index contributed by atoms with van der Waals surface area (Å²) >= 11 is 0. The van der Waals surface area contributed by atoms with Gasteiger partial charge < -0.3 is 5.32 Å². The van der Waals surface area contributed by atoms with Crippen LogP contribution in [0.2, 0.25) is 0 Å². The first kappa shape index (κ1) is 14.3. The smallest absolute Gasteiger partial charge is 0.258 e. The number of aromatic nitrogens is 2. The summed E-state index contributed by atoms with van der Waals surface area (Å²) in [5.41, 5.74) is 3.06. The molecule has 24 heavy (non-hydrogen) atoms. The second kappa shape index (κ2) is 5.70. The maximum absolute atomic E-state index is 13.7. The van der Waals surface area contributed by atoms with Crippen molar-refractivity contribution >= 4 is 33.7 Å². The zero-order valence-electron chi connectivity index (χ0n) is 12.5. The molecule has 1 N–H and O–H groups in total. The molecule has 3 aromatic carbocycles. The fourth-order valence-electron chi connectivity index (χ4n) is 2.58. The van der Waals surface area contributed by atoms with Crippen molar-refractivity contribution in [1.82, 2.24) is 9.97 Å². The van der Waals surface area contributed by atoms with Crippen molar-refractivity contribution in [2.24, 2.45) is 0 Å². The van der Waals surface area contributed by atoms with Crippen LogP contribution in [-0.2, 0) is 0 Å². The van der Waals surface area contributed by atoms with Crippen molar-refractivity contribution in [1.29, 1.82) is 0 Å². The molecule has 0 aliphatic rings. The van der Waals surface area contributed by atoms with E-state index in [-0.39, 0.29) is 5.69 Å². The number of anilines is 1. The van der Waals surface area contributed by atoms with E-state index in [4.69, 9.17) is 0 Å². The normalized spacial score (nSPS) is 10.9. The Morgan fingerprint density at radius 3 is 2.25 bits per heavy atom. The van der Waals surface area contributed by atoms with Gasteiger partial charge in [-0.25, -0.2) is 14.4 Å². The van der Waals surface area contributed by atoms with Crippen LogP contribution in [0.3, 0.4) is 0 Å². The summed E-state index contributed by atoms with van der Waals surface area (Å²) in [5, 5.41) is 2.58. The number of fused-ring (bicyclic) bond motifs is 2. The monoisotopic (exact) mass is 317 g/mol. The van der Waals surface area contributed by atoms with Crippen LogP contribution in [0.15, 0.2) is 66.7 Å². The van der Waals surface area contributed by atoms with Gasteiger partial charge in [0.2, 0.25) is 0 Å². The Kier molecular flexibility index (Phi) is 3.39. The highest BCUT2D eigenvalue weighted by Gasteiger charge is 2.14. The number of nitrogens with one attached hydrogen (secondary N) is 1. The Hall–Kier alpha value is -3.34. The molecule has 0 radical (unpaired) electrons. The van der Waals surface area contributed by atoms with Crippen LogP contribution < -0.4 is 5.32 Å². The number of rotatable bonds is 2. The number of benzene rings is 3. The van der Waals surface area contributed by atoms with Gasteiger partial charge in [-0.1, -0.05) is 30.3 Å². The largest absolute Gasteiger partial charge is 0.319 e. The molecule has 0 atom stereocenters. The fraction of sp³-hybridized carbons (Fsp3) is 0. The van der Waals surface area contributed by atoms with E-state index in [1.807, 2.05) is 24.3 Å². The summed E-state index contributed by atoms with van der Waals surface area (Å²) in [7, 11) is 0. The Balaban J connectivity index is 1.82. The molecular weight excluding hydrogens is 305 g/mol. The van der Waals surface area contributed by atoms with Gasteiger partial charge in [-0.3, -0.25) is 4.79 Å². The zero-order valence-corrected chi connectivity index (χ0v) is 12.5. The molecule has 0 fully saturated rings. The van der Waals surface area contributed by atoms with Crippen LogP contribution in [0, 0.1) is 5.82 Å². The summed E-state index contributed by atoms with van der Waals surface area (Å²) in [6.07, 6.45) is 0. The third kappa shape index (κ3) is 2.46. The highest BCUT2D eigenvalue weighted by atomic mass is 19.1. The average molecular weight is 317 g/mol. The standard InChI is InChI=1S/C19H12FN3O/c20-13-7-1-2-8-14(13)23-19(24)12-6-5-11-17-18(12)22-16-10-4-3-9-15(16)21-17/h1-11H,(H,23,24). The van der Waals surface area contributed by atoms with E-state index in [2.05, 4.69) is 15.3 Å². The van der Waals surface area contributed by atoms with Crippen molar-refractivity contribution in [3.63, 3.8) is 0 Å². The highest BCUT2D eigenvalue weighted by Crippen LogP contribution is 2.21. The molecule has 0 aliphatic carbocycles. The number of carbonyl (C=O) groups is 1. The van der Waals surface area contributed by atoms with E-state index < -0.39 is 11.7 Å². The maximum Gasteiger partial charge on any atom is 0.258 e. The van der Waals surface area contributed by atoms with Crippen LogP contribution in [0.5, 0.6) is 0 Å². The minimum Gasteiger partial charge on any atom is -0.319 e. The van der Waals surface area contributed by atoms with Crippen LogP contribution >= 0.6 is 0 Å². The quantitative estimate of drug-likeness (QED) is 0.564. The number of hydrogen-bond acceptors (Lipinski definition) is 3. The average Bonchev–Trinajstić information content (AvgIpc) is 2.61. The van der Waals surface area contributed by atoms with Gasteiger partial charge in [0, 0.05) is 0 Å². The van der Waals surface area contributed by atoms with Gasteiger partial charge in [0.05, 0.1) is 27.8 Å². The Bertz CT molecular complexity index is 1080. The van der Waals surface area contributed by atoms with Gasteiger partial charge in [-0.15, -0.1) is 0 Å². The molecule has 0 saturated carbocycles. The molecule has 5 heteroatoms. The lowest BCUT2D eigenvalue weighted by atomic mass is 10.1. The van der Waals surface area contributed by atoms with Crippen LogP contribution in [0.4, 0.5) is 10.1 Å². The minimum absolute atomic E-state index is 0.133. The lowest BCUT2D eigenvalue weighted by Crippen LogP contribution is -2.14. The molecule has 0 saturated heterocycles. The van der Waals surface area contributed by atoms with E-state index in [1.54, 1.807) is 30.3 Å². The number of amides is 1. The first-order chi connectivity index (χ1) is 11.7. The number of nitrogens with zero attached hydrogens (tertiary/aromatic N) is 2. The lowest BCUT2D eigenvalue weighted by molar-refractivity contribution is 0.102. The van der Waals surface area contributed by atoms with Crippen molar-refractivity contribution in [2.75, 3.05) is 5.32 Å². The highest BCUT2D eigenvalue weighted by molar-refractivity contribution is 6.12.